The number of carbonyl (C=O) groups is 1. The van der Waals surface area contributed by atoms with Crippen LogP contribution in [0.15, 0.2) is 35.7 Å². The van der Waals surface area contributed by atoms with E-state index in [1.165, 1.54) is 24.3 Å². The van der Waals surface area contributed by atoms with Crippen LogP contribution in [0.4, 0.5) is 0 Å². The van der Waals surface area contributed by atoms with Crippen molar-refractivity contribution in [2.75, 3.05) is 0 Å². The van der Waals surface area contributed by atoms with E-state index in [1.54, 1.807) is 11.3 Å². The average molecular weight is 285 g/mol. The number of ketones is 1. The molecule has 0 spiro atoms. The molecule has 1 fully saturated rings. The van der Waals surface area contributed by atoms with E-state index in [1.807, 2.05) is 30.3 Å². The van der Waals surface area contributed by atoms with Crippen LogP contribution in [0.1, 0.15) is 53.2 Å². The van der Waals surface area contributed by atoms with Gasteiger partial charge in [0.25, 0.3) is 0 Å². The number of carbonyl (C=O) groups excluding carboxylic acids is 1. The van der Waals surface area contributed by atoms with Gasteiger partial charge in [0, 0.05) is 16.9 Å². The zero-order chi connectivity index (χ0) is 13.9. The first-order valence-corrected chi connectivity index (χ1v) is 8.13. The van der Waals surface area contributed by atoms with Crippen molar-refractivity contribution in [2.24, 2.45) is 5.92 Å². The van der Waals surface area contributed by atoms with E-state index < -0.39 is 0 Å². The highest BCUT2D eigenvalue weighted by atomic mass is 32.1. The molecule has 2 unspecified atom stereocenters. The highest BCUT2D eigenvalue weighted by molar-refractivity contribution is 7.09. The van der Waals surface area contributed by atoms with Crippen LogP contribution in [0, 0.1) is 5.92 Å². The van der Waals surface area contributed by atoms with Crippen LogP contribution in [0.25, 0.3) is 0 Å². The number of aromatic nitrogens is 1. The number of hydrogen-bond acceptors (Lipinski definition) is 3. The number of benzene rings is 1. The lowest BCUT2D eigenvalue weighted by Crippen LogP contribution is -2.04. The monoisotopic (exact) mass is 285 g/mol. The van der Waals surface area contributed by atoms with Crippen molar-refractivity contribution in [2.45, 2.75) is 38.5 Å². The zero-order valence-corrected chi connectivity index (χ0v) is 12.5. The zero-order valence-electron chi connectivity index (χ0n) is 11.7. The first-order valence-electron chi connectivity index (χ1n) is 7.25. The van der Waals surface area contributed by atoms with Crippen molar-refractivity contribution in [1.29, 1.82) is 0 Å². The normalized spacial score (nSPS) is 22.1. The Morgan fingerprint density at radius 1 is 1.30 bits per heavy atom. The van der Waals surface area contributed by atoms with Gasteiger partial charge >= 0.3 is 0 Å². The Balaban J connectivity index is 1.67. The number of rotatable bonds is 4. The summed E-state index contributed by atoms with van der Waals surface area (Å²) in [4.78, 5) is 16.9. The molecule has 1 aromatic heterocycles. The van der Waals surface area contributed by atoms with Gasteiger partial charge in [0.1, 0.15) is 0 Å². The molecule has 0 bridgehead atoms. The molecular weight excluding hydrogens is 266 g/mol. The highest BCUT2D eigenvalue weighted by Crippen LogP contribution is 2.39. The Morgan fingerprint density at radius 3 is 2.80 bits per heavy atom. The second-order valence-corrected chi connectivity index (χ2v) is 6.65. The molecule has 20 heavy (non-hydrogen) atoms. The Hall–Kier alpha value is -1.48. The largest absolute Gasteiger partial charge is 0.294 e. The average Bonchev–Trinajstić information content (AvgIpc) is 3.09. The number of nitrogens with zero attached hydrogens (tertiary/aromatic N) is 1. The van der Waals surface area contributed by atoms with E-state index in [9.17, 15) is 4.79 Å². The number of Topliss-reactive ketones (excluding diaryl/α,β-unsaturated/α-hetero) is 1. The summed E-state index contributed by atoms with van der Waals surface area (Å²) in [5, 5.41) is 3.28. The summed E-state index contributed by atoms with van der Waals surface area (Å²) in [5.41, 5.74) is 1.70. The van der Waals surface area contributed by atoms with E-state index in [-0.39, 0.29) is 5.78 Å². The number of thiazole rings is 1. The summed E-state index contributed by atoms with van der Waals surface area (Å²) in [6, 6.07) is 9.47. The van der Waals surface area contributed by atoms with Gasteiger partial charge in [-0.05, 0) is 18.8 Å². The summed E-state index contributed by atoms with van der Waals surface area (Å²) in [6.07, 6.45) is 4.23. The minimum Gasteiger partial charge on any atom is -0.294 e. The quantitative estimate of drug-likeness (QED) is 0.776. The third-order valence-corrected chi connectivity index (χ3v) is 5.11. The molecule has 0 N–H and O–H groups in total. The third kappa shape index (κ3) is 2.98. The Bertz CT molecular complexity index is 590. The van der Waals surface area contributed by atoms with Crippen molar-refractivity contribution >= 4 is 17.1 Å². The second-order valence-electron chi connectivity index (χ2n) is 5.76. The van der Waals surface area contributed by atoms with Crippen LogP contribution in [-0.2, 0) is 6.42 Å². The van der Waals surface area contributed by atoms with Gasteiger partial charge in [0.15, 0.2) is 5.78 Å². The fourth-order valence-corrected chi connectivity index (χ4v) is 3.88. The molecule has 104 valence electrons. The van der Waals surface area contributed by atoms with Crippen molar-refractivity contribution in [3.63, 3.8) is 0 Å². The predicted molar refractivity (Wildman–Crippen MR) is 82.3 cm³/mol. The summed E-state index contributed by atoms with van der Waals surface area (Å²) in [5.74, 6) is 1.59. The van der Waals surface area contributed by atoms with Crippen molar-refractivity contribution in [3.05, 3.63) is 52.0 Å². The SMILES string of the molecule is CC1CCC(c2nc(CC(=O)c3ccccc3)cs2)C1. The van der Waals surface area contributed by atoms with E-state index >= 15 is 0 Å². The van der Waals surface area contributed by atoms with Crippen LogP contribution in [-0.4, -0.2) is 10.8 Å². The summed E-state index contributed by atoms with van der Waals surface area (Å²) in [7, 11) is 0. The third-order valence-electron chi connectivity index (χ3n) is 4.05. The minimum absolute atomic E-state index is 0.155. The van der Waals surface area contributed by atoms with Gasteiger partial charge in [-0.2, -0.15) is 0 Å². The van der Waals surface area contributed by atoms with Gasteiger partial charge in [-0.3, -0.25) is 4.79 Å². The maximum absolute atomic E-state index is 12.2. The van der Waals surface area contributed by atoms with Crippen LogP contribution in [0.2, 0.25) is 0 Å². The van der Waals surface area contributed by atoms with E-state index in [0.717, 1.165) is 17.2 Å². The lowest BCUT2D eigenvalue weighted by molar-refractivity contribution is 0.0992. The van der Waals surface area contributed by atoms with Crippen molar-refractivity contribution < 1.29 is 4.79 Å². The molecule has 1 heterocycles. The predicted octanol–water partition coefficient (Wildman–Crippen LogP) is 4.47. The lowest BCUT2D eigenvalue weighted by Gasteiger charge is -2.04. The Morgan fingerprint density at radius 2 is 2.10 bits per heavy atom. The fourth-order valence-electron chi connectivity index (χ4n) is 2.91. The van der Waals surface area contributed by atoms with Crippen LogP contribution >= 0.6 is 11.3 Å². The van der Waals surface area contributed by atoms with Crippen LogP contribution in [0.3, 0.4) is 0 Å². The molecule has 0 aliphatic heterocycles. The summed E-state index contributed by atoms with van der Waals surface area (Å²) < 4.78 is 0. The molecule has 1 aliphatic carbocycles. The molecule has 2 aromatic rings. The lowest BCUT2D eigenvalue weighted by atomic mass is 10.1. The van der Waals surface area contributed by atoms with Gasteiger partial charge in [0.2, 0.25) is 0 Å². The molecule has 2 atom stereocenters. The summed E-state index contributed by atoms with van der Waals surface area (Å²) >= 11 is 1.72. The van der Waals surface area contributed by atoms with Crippen molar-refractivity contribution in [3.8, 4) is 0 Å². The number of hydrogen-bond donors (Lipinski definition) is 0. The second kappa shape index (κ2) is 5.88. The van der Waals surface area contributed by atoms with Gasteiger partial charge in [0.05, 0.1) is 17.1 Å². The molecule has 0 radical (unpaired) electrons. The fraction of sp³-hybridized carbons (Fsp3) is 0.412. The van der Waals surface area contributed by atoms with Gasteiger partial charge in [-0.15, -0.1) is 11.3 Å². The maximum atomic E-state index is 12.2. The molecule has 3 rings (SSSR count). The van der Waals surface area contributed by atoms with E-state index in [0.29, 0.717) is 12.3 Å². The Labute approximate surface area is 123 Å². The molecule has 3 heteroatoms. The Kier molecular flexibility index (Phi) is 3.97. The van der Waals surface area contributed by atoms with Crippen LogP contribution < -0.4 is 0 Å². The topological polar surface area (TPSA) is 30.0 Å². The smallest absolute Gasteiger partial charge is 0.168 e. The maximum Gasteiger partial charge on any atom is 0.168 e. The molecule has 1 aromatic carbocycles. The van der Waals surface area contributed by atoms with Gasteiger partial charge < -0.3 is 0 Å². The standard InChI is InChI=1S/C17H19NOS/c1-12-7-8-14(9-12)17-18-15(11-20-17)10-16(19)13-5-3-2-4-6-13/h2-6,11-12,14H,7-10H2,1H3. The molecular formula is C17H19NOS. The minimum atomic E-state index is 0.155. The van der Waals surface area contributed by atoms with Crippen LogP contribution in [0.5, 0.6) is 0 Å². The van der Waals surface area contributed by atoms with Gasteiger partial charge in [-0.25, -0.2) is 4.98 Å². The molecule has 1 aliphatic rings. The molecule has 0 amide bonds. The highest BCUT2D eigenvalue weighted by Gasteiger charge is 2.25. The summed E-state index contributed by atoms with van der Waals surface area (Å²) in [6.45, 7) is 2.31. The molecule has 1 saturated carbocycles. The first-order chi connectivity index (χ1) is 9.72. The van der Waals surface area contributed by atoms with E-state index in [2.05, 4.69) is 17.3 Å². The first kappa shape index (κ1) is 13.5. The van der Waals surface area contributed by atoms with E-state index in [4.69, 9.17) is 0 Å². The molecule has 0 saturated heterocycles. The molecule has 2 nitrogen and oxygen atoms in total. The van der Waals surface area contributed by atoms with Crippen molar-refractivity contribution in [1.82, 2.24) is 4.98 Å². The van der Waals surface area contributed by atoms with Gasteiger partial charge in [-0.1, -0.05) is 43.7 Å².